The molecule has 0 radical (unpaired) electrons. The van der Waals surface area contributed by atoms with Crippen molar-refractivity contribution in [3.05, 3.63) is 70.5 Å². The van der Waals surface area contributed by atoms with E-state index in [1.54, 1.807) is 6.07 Å². The second kappa shape index (κ2) is 8.22. The summed E-state index contributed by atoms with van der Waals surface area (Å²) in [6.07, 6.45) is 3.40. The van der Waals surface area contributed by atoms with Gasteiger partial charge < -0.3 is 15.2 Å². The molecule has 2 heterocycles. The summed E-state index contributed by atoms with van der Waals surface area (Å²) in [5.41, 5.74) is 6.25. The standard InChI is InChI=1S/C24H20ClN5O3/c1-30-22(15-5-3-4-6-16(15)25)20-18(29-30)10-8-14-12-26-24(28-21(14)20)27-17-9-7-13(23(31)32)11-19(17)33-2/h3-7,9,11-12H,8,10H2,1-2H3,(H,31,32)(H,26,27,28). The van der Waals surface area contributed by atoms with Crippen LogP contribution in [0.4, 0.5) is 11.6 Å². The van der Waals surface area contributed by atoms with Gasteiger partial charge in [0, 0.05) is 29.4 Å². The van der Waals surface area contributed by atoms with Gasteiger partial charge in [-0.05, 0) is 42.7 Å². The predicted molar refractivity (Wildman–Crippen MR) is 125 cm³/mol. The van der Waals surface area contributed by atoms with Gasteiger partial charge in [0.05, 0.1) is 35.4 Å². The Kier molecular flexibility index (Phi) is 5.22. The molecule has 0 spiro atoms. The van der Waals surface area contributed by atoms with E-state index >= 15 is 0 Å². The number of nitrogens with zero attached hydrogens (tertiary/aromatic N) is 4. The average Bonchev–Trinajstić information content (AvgIpc) is 3.15. The van der Waals surface area contributed by atoms with Crippen LogP contribution in [0.1, 0.15) is 21.6 Å². The number of fused-ring (bicyclic) bond motifs is 3. The molecule has 0 unspecified atom stereocenters. The van der Waals surface area contributed by atoms with Gasteiger partial charge in [0.1, 0.15) is 5.75 Å². The normalized spacial score (nSPS) is 12.1. The SMILES string of the molecule is COc1cc(C(=O)O)ccc1Nc1ncc2c(n1)-c1c(nn(C)c1-c1ccccc1Cl)CC2. The molecular weight excluding hydrogens is 442 g/mol. The smallest absolute Gasteiger partial charge is 0.335 e. The van der Waals surface area contributed by atoms with E-state index in [2.05, 4.69) is 10.3 Å². The molecule has 1 aliphatic rings. The van der Waals surface area contributed by atoms with E-state index in [1.165, 1.54) is 19.2 Å². The van der Waals surface area contributed by atoms with Crippen LogP contribution in [-0.4, -0.2) is 37.9 Å². The lowest BCUT2D eigenvalue weighted by molar-refractivity contribution is 0.0696. The number of ether oxygens (including phenoxy) is 1. The molecule has 2 N–H and O–H groups in total. The van der Waals surface area contributed by atoms with Crippen molar-refractivity contribution in [3.63, 3.8) is 0 Å². The number of nitrogens with one attached hydrogen (secondary N) is 1. The van der Waals surface area contributed by atoms with Crippen LogP contribution in [0.2, 0.25) is 5.02 Å². The summed E-state index contributed by atoms with van der Waals surface area (Å²) < 4.78 is 7.21. The van der Waals surface area contributed by atoms with Crippen LogP contribution in [0.3, 0.4) is 0 Å². The Balaban J connectivity index is 1.59. The molecule has 2 aromatic carbocycles. The average molecular weight is 462 g/mol. The van der Waals surface area contributed by atoms with E-state index in [4.69, 9.17) is 26.4 Å². The molecule has 0 saturated carbocycles. The molecule has 2 aromatic heterocycles. The Morgan fingerprint density at radius 2 is 2.03 bits per heavy atom. The largest absolute Gasteiger partial charge is 0.495 e. The molecule has 0 aliphatic heterocycles. The first-order valence-corrected chi connectivity index (χ1v) is 10.7. The van der Waals surface area contributed by atoms with Gasteiger partial charge in [-0.25, -0.2) is 14.8 Å². The summed E-state index contributed by atoms with van der Waals surface area (Å²) in [7, 11) is 3.39. The van der Waals surface area contributed by atoms with E-state index in [1.807, 2.05) is 42.2 Å². The summed E-state index contributed by atoms with van der Waals surface area (Å²) >= 11 is 6.52. The Morgan fingerprint density at radius 1 is 1.21 bits per heavy atom. The number of benzene rings is 2. The second-order valence-corrected chi connectivity index (χ2v) is 8.09. The predicted octanol–water partition coefficient (Wildman–Crippen LogP) is 4.75. The van der Waals surface area contributed by atoms with Gasteiger partial charge in [0.15, 0.2) is 0 Å². The molecule has 33 heavy (non-hydrogen) atoms. The molecule has 0 saturated heterocycles. The third-order valence-corrected chi connectivity index (χ3v) is 6.01. The molecule has 166 valence electrons. The molecule has 9 heteroatoms. The second-order valence-electron chi connectivity index (χ2n) is 7.69. The fourth-order valence-electron chi connectivity index (χ4n) is 4.13. The lowest BCUT2D eigenvalue weighted by atomic mass is 9.91. The fourth-order valence-corrected chi connectivity index (χ4v) is 4.36. The van der Waals surface area contributed by atoms with E-state index < -0.39 is 5.97 Å². The lowest BCUT2D eigenvalue weighted by Gasteiger charge is -2.18. The number of aromatic carboxylic acids is 1. The van der Waals surface area contributed by atoms with Crippen LogP contribution >= 0.6 is 11.6 Å². The molecule has 1 aliphatic carbocycles. The van der Waals surface area contributed by atoms with Crippen molar-refractivity contribution in [2.45, 2.75) is 12.8 Å². The Bertz CT molecular complexity index is 1400. The first-order valence-electron chi connectivity index (χ1n) is 10.3. The minimum absolute atomic E-state index is 0.133. The summed E-state index contributed by atoms with van der Waals surface area (Å²) in [6, 6.07) is 12.3. The molecule has 0 bridgehead atoms. The number of hydrogen-bond donors (Lipinski definition) is 2. The molecule has 8 nitrogen and oxygen atoms in total. The van der Waals surface area contributed by atoms with Gasteiger partial charge in [0.2, 0.25) is 5.95 Å². The minimum Gasteiger partial charge on any atom is -0.495 e. The quantitative estimate of drug-likeness (QED) is 0.442. The number of rotatable bonds is 5. The molecule has 0 atom stereocenters. The van der Waals surface area contributed by atoms with Gasteiger partial charge in [0.25, 0.3) is 0 Å². The number of anilines is 2. The van der Waals surface area contributed by atoms with Crippen LogP contribution in [0.25, 0.3) is 22.5 Å². The fraction of sp³-hybridized carbons (Fsp3) is 0.167. The maximum Gasteiger partial charge on any atom is 0.335 e. The highest BCUT2D eigenvalue weighted by Gasteiger charge is 2.28. The summed E-state index contributed by atoms with van der Waals surface area (Å²) in [4.78, 5) is 20.6. The van der Waals surface area contributed by atoms with Crippen LogP contribution in [-0.2, 0) is 19.9 Å². The Hall–Kier alpha value is -3.91. The first-order chi connectivity index (χ1) is 16.0. The van der Waals surface area contributed by atoms with E-state index in [9.17, 15) is 9.90 Å². The number of aromatic nitrogens is 4. The van der Waals surface area contributed by atoms with Gasteiger partial charge in [-0.1, -0.05) is 29.8 Å². The number of carbonyl (C=O) groups is 1. The summed E-state index contributed by atoms with van der Waals surface area (Å²) in [5.74, 6) is -0.270. The third-order valence-electron chi connectivity index (χ3n) is 5.68. The summed E-state index contributed by atoms with van der Waals surface area (Å²) in [6.45, 7) is 0. The number of aryl methyl sites for hydroxylation is 3. The molecule has 0 fully saturated rings. The van der Waals surface area contributed by atoms with E-state index in [0.29, 0.717) is 22.4 Å². The lowest BCUT2D eigenvalue weighted by Crippen LogP contribution is -2.09. The van der Waals surface area contributed by atoms with Crippen molar-refractivity contribution >= 4 is 29.2 Å². The van der Waals surface area contributed by atoms with Crippen molar-refractivity contribution < 1.29 is 14.6 Å². The zero-order valence-electron chi connectivity index (χ0n) is 18.0. The van der Waals surface area contributed by atoms with Crippen molar-refractivity contribution in [1.29, 1.82) is 0 Å². The van der Waals surface area contributed by atoms with Crippen LogP contribution < -0.4 is 10.1 Å². The maximum absolute atomic E-state index is 11.3. The highest BCUT2D eigenvalue weighted by Crippen LogP contribution is 2.41. The summed E-state index contributed by atoms with van der Waals surface area (Å²) in [5, 5.41) is 17.8. The molecule has 0 amide bonds. The van der Waals surface area contributed by atoms with Gasteiger partial charge in [-0.2, -0.15) is 5.10 Å². The topological polar surface area (TPSA) is 102 Å². The number of halogens is 1. The first kappa shape index (κ1) is 21.0. The Morgan fingerprint density at radius 3 is 2.79 bits per heavy atom. The number of carboxylic acid groups (broad SMARTS) is 1. The van der Waals surface area contributed by atoms with Crippen molar-refractivity contribution in [3.8, 4) is 28.3 Å². The van der Waals surface area contributed by atoms with Crippen LogP contribution in [0.5, 0.6) is 5.75 Å². The van der Waals surface area contributed by atoms with Gasteiger partial charge in [-0.15, -0.1) is 0 Å². The van der Waals surface area contributed by atoms with Gasteiger partial charge >= 0.3 is 5.97 Å². The van der Waals surface area contributed by atoms with Crippen molar-refractivity contribution in [2.24, 2.45) is 7.05 Å². The minimum atomic E-state index is -1.03. The van der Waals surface area contributed by atoms with Crippen molar-refractivity contribution in [1.82, 2.24) is 19.7 Å². The molecule has 4 aromatic rings. The van der Waals surface area contributed by atoms with Gasteiger partial charge in [-0.3, -0.25) is 4.68 Å². The molecular formula is C24H20ClN5O3. The highest BCUT2D eigenvalue weighted by molar-refractivity contribution is 6.33. The number of carboxylic acids is 1. The molecule has 5 rings (SSSR count). The van der Waals surface area contributed by atoms with E-state index in [0.717, 1.165) is 46.6 Å². The number of hydrogen-bond acceptors (Lipinski definition) is 6. The number of methoxy groups -OCH3 is 1. The maximum atomic E-state index is 11.3. The third kappa shape index (κ3) is 3.68. The monoisotopic (exact) mass is 461 g/mol. The zero-order valence-corrected chi connectivity index (χ0v) is 18.7. The van der Waals surface area contributed by atoms with Crippen LogP contribution in [0, 0.1) is 0 Å². The van der Waals surface area contributed by atoms with E-state index in [-0.39, 0.29) is 5.56 Å². The highest BCUT2D eigenvalue weighted by atomic mass is 35.5. The van der Waals surface area contributed by atoms with Crippen LogP contribution in [0.15, 0.2) is 48.7 Å². The Labute approximate surface area is 194 Å². The zero-order chi connectivity index (χ0) is 23.1. The van der Waals surface area contributed by atoms with Crippen molar-refractivity contribution in [2.75, 3.05) is 12.4 Å².